The first kappa shape index (κ1) is 13.4. The van der Waals surface area contributed by atoms with Crippen LogP contribution in [0, 0.1) is 0 Å². The van der Waals surface area contributed by atoms with Crippen molar-refractivity contribution in [3.8, 4) is 5.75 Å². The minimum Gasteiger partial charge on any atom is -0.487 e. The second-order valence-electron chi connectivity index (χ2n) is 5.85. The molecule has 0 amide bonds. The zero-order chi connectivity index (χ0) is 14.3. The van der Waals surface area contributed by atoms with Crippen molar-refractivity contribution < 1.29 is 9.53 Å². The molecule has 2 aliphatic heterocycles. The molecule has 2 aliphatic rings. The van der Waals surface area contributed by atoms with Crippen LogP contribution in [-0.2, 0) is 0 Å². The van der Waals surface area contributed by atoms with Crippen LogP contribution in [0.3, 0.4) is 0 Å². The molecule has 1 saturated heterocycles. The lowest BCUT2D eigenvalue weighted by molar-refractivity contribution is 0.101. The number of aromatic nitrogens is 1. The molecule has 0 unspecified atom stereocenters. The second-order valence-corrected chi connectivity index (χ2v) is 5.85. The molecule has 108 valence electrons. The number of fused-ring (bicyclic) bond motifs is 3. The van der Waals surface area contributed by atoms with Gasteiger partial charge < -0.3 is 9.64 Å². The number of ether oxygens (including phenoxy) is 1. The molecule has 0 aromatic carbocycles. The van der Waals surface area contributed by atoms with Gasteiger partial charge in [0.2, 0.25) is 0 Å². The van der Waals surface area contributed by atoms with E-state index in [-0.39, 0.29) is 5.78 Å². The van der Waals surface area contributed by atoms with Crippen LogP contribution in [0.15, 0.2) is 12.3 Å². The van der Waals surface area contributed by atoms with E-state index in [0.717, 1.165) is 31.2 Å². The van der Waals surface area contributed by atoms with E-state index in [1.165, 1.54) is 0 Å². The maximum Gasteiger partial charge on any atom is 0.171 e. The van der Waals surface area contributed by atoms with Crippen molar-refractivity contribution in [2.24, 2.45) is 0 Å². The van der Waals surface area contributed by atoms with E-state index in [4.69, 9.17) is 4.74 Å². The molecule has 0 radical (unpaired) electrons. The van der Waals surface area contributed by atoms with E-state index in [9.17, 15) is 4.79 Å². The van der Waals surface area contributed by atoms with Gasteiger partial charge >= 0.3 is 0 Å². The standard InChI is InChI=1S/C15H21N3O2/c1-10(2)17-4-5-18-13(8-17)9-20-14-6-12(11(3)19)7-16-15(14)18/h6-7,10,13H,4-5,8-9H2,1-3H3/t13-/m1/s1. The van der Waals surface area contributed by atoms with Gasteiger partial charge in [0.05, 0.1) is 6.04 Å². The molecule has 0 N–H and O–H groups in total. The summed E-state index contributed by atoms with van der Waals surface area (Å²) >= 11 is 0. The highest BCUT2D eigenvalue weighted by molar-refractivity contribution is 5.94. The third kappa shape index (κ3) is 2.26. The number of hydrogen-bond acceptors (Lipinski definition) is 5. The van der Waals surface area contributed by atoms with Crippen LogP contribution in [0.4, 0.5) is 5.82 Å². The van der Waals surface area contributed by atoms with E-state index in [1.807, 2.05) is 6.07 Å². The molecule has 0 spiro atoms. The first-order valence-corrected chi connectivity index (χ1v) is 7.20. The molecule has 3 rings (SSSR count). The average molecular weight is 275 g/mol. The molecule has 1 aromatic rings. The molecule has 1 atom stereocenters. The molecule has 20 heavy (non-hydrogen) atoms. The van der Waals surface area contributed by atoms with Crippen molar-refractivity contribution in [1.29, 1.82) is 0 Å². The number of pyridine rings is 1. The van der Waals surface area contributed by atoms with E-state index >= 15 is 0 Å². The van der Waals surface area contributed by atoms with Crippen molar-refractivity contribution in [2.75, 3.05) is 31.1 Å². The predicted molar refractivity (Wildman–Crippen MR) is 77.6 cm³/mol. The lowest BCUT2D eigenvalue weighted by atomic mass is 10.1. The normalized spacial score (nSPS) is 22.2. The summed E-state index contributed by atoms with van der Waals surface area (Å²) in [4.78, 5) is 20.7. The number of ketones is 1. The van der Waals surface area contributed by atoms with Gasteiger partial charge in [-0.1, -0.05) is 0 Å². The number of carbonyl (C=O) groups excluding carboxylic acids is 1. The highest BCUT2D eigenvalue weighted by Gasteiger charge is 2.34. The quantitative estimate of drug-likeness (QED) is 0.767. The minimum atomic E-state index is 0.0238. The van der Waals surface area contributed by atoms with E-state index in [1.54, 1.807) is 13.1 Å². The van der Waals surface area contributed by atoms with Gasteiger partial charge in [0.15, 0.2) is 17.4 Å². The Labute approximate surface area is 119 Å². The van der Waals surface area contributed by atoms with Crippen molar-refractivity contribution in [3.63, 3.8) is 0 Å². The van der Waals surface area contributed by atoms with Crippen LogP contribution >= 0.6 is 0 Å². The number of carbonyl (C=O) groups is 1. The van der Waals surface area contributed by atoms with Crippen molar-refractivity contribution >= 4 is 11.6 Å². The van der Waals surface area contributed by atoms with Gasteiger partial charge in [0, 0.05) is 37.4 Å². The molecule has 1 fully saturated rings. The van der Waals surface area contributed by atoms with Gasteiger partial charge in [-0.05, 0) is 26.8 Å². The molecular weight excluding hydrogens is 254 g/mol. The maximum atomic E-state index is 11.4. The number of Topliss-reactive ketones (excluding diaryl/α,β-unsaturated/α-hetero) is 1. The summed E-state index contributed by atoms with van der Waals surface area (Å²) in [5, 5.41) is 0. The van der Waals surface area contributed by atoms with E-state index in [0.29, 0.717) is 24.3 Å². The summed E-state index contributed by atoms with van der Waals surface area (Å²) in [6.45, 7) is 9.69. The number of hydrogen-bond donors (Lipinski definition) is 0. The Balaban J connectivity index is 1.85. The van der Waals surface area contributed by atoms with Gasteiger partial charge in [-0.3, -0.25) is 9.69 Å². The highest BCUT2D eigenvalue weighted by Crippen LogP contribution is 2.34. The molecule has 5 nitrogen and oxygen atoms in total. The summed E-state index contributed by atoms with van der Waals surface area (Å²) in [5.74, 6) is 1.65. The molecule has 0 saturated carbocycles. The second kappa shape index (κ2) is 5.05. The smallest absolute Gasteiger partial charge is 0.171 e. The summed E-state index contributed by atoms with van der Waals surface area (Å²) in [5.41, 5.74) is 0.614. The van der Waals surface area contributed by atoms with Crippen LogP contribution in [-0.4, -0.2) is 54.0 Å². The summed E-state index contributed by atoms with van der Waals surface area (Å²) in [6, 6.07) is 2.73. The monoisotopic (exact) mass is 275 g/mol. The van der Waals surface area contributed by atoms with Crippen LogP contribution in [0.5, 0.6) is 5.75 Å². The van der Waals surface area contributed by atoms with Crippen molar-refractivity contribution in [3.05, 3.63) is 17.8 Å². The Bertz CT molecular complexity index is 530. The van der Waals surface area contributed by atoms with Gasteiger partial charge in [-0.2, -0.15) is 0 Å². The van der Waals surface area contributed by atoms with Gasteiger partial charge in [-0.25, -0.2) is 4.98 Å². The van der Waals surface area contributed by atoms with Gasteiger partial charge in [0.25, 0.3) is 0 Å². The Kier molecular flexibility index (Phi) is 3.38. The number of nitrogens with zero attached hydrogens (tertiary/aromatic N) is 3. The summed E-state index contributed by atoms with van der Waals surface area (Å²) in [7, 11) is 0. The van der Waals surface area contributed by atoms with E-state index < -0.39 is 0 Å². The maximum absolute atomic E-state index is 11.4. The molecule has 3 heterocycles. The Morgan fingerprint density at radius 1 is 1.45 bits per heavy atom. The van der Waals surface area contributed by atoms with E-state index in [2.05, 4.69) is 28.6 Å². The Morgan fingerprint density at radius 2 is 2.25 bits per heavy atom. The summed E-state index contributed by atoms with van der Waals surface area (Å²) in [6.07, 6.45) is 1.65. The van der Waals surface area contributed by atoms with Gasteiger partial charge in [0.1, 0.15) is 6.61 Å². The number of anilines is 1. The van der Waals surface area contributed by atoms with Gasteiger partial charge in [-0.15, -0.1) is 0 Å². The lowest BCUT2D eigenvalue weighted by Crippen LogP contribution is -2.58. The topological polar surface area (TPSA) is 45.7 Å². The first-order valence-electron chi connectivity index (χ1n) is 7.20. The fraction of sp³-hybridized carbons (Fsp3) is 0.600. The van der Waals surface area contributed by atoms with Crippen LogP contribution in [0.1, 0.15) is 31.1 Å². The number of piperazine rings is 1. The number of rotatable bonds is 2. The Morgan fingerprint density at radius 3 is 2.95 bits per heavy atom. The zero-order valence-electron chi connectivity index (χ0n) is 12.3. The first-order chi connectivity index (χ1) is 9.56. The minimum absolute atomic E-state index is 0.0238. The average Bonchev–Trinajstić information content (AvgIpc) is 2.45. The fourth-order valence-electron chi connectivity index (χ4n) is 2.91. The molecule has 1 aromatic heterocycles. The Hall–Kier alpha value is -1.62. The molecule has 0 aliphatic carbocycles. The predicted octanol–water partition coefficient (Wildman–Crippen LogP) is 1.58. The third-order valence-corrected chi connectivity index (χ3v) is 4.19. The summed E-state index contributed by atoms with van der Waals surface area (Å²) < 4.78 is 5.83. The van der Waals surface area contributed by atoms with Crippen LogP contribution in [0.2, 0.25) is 0 Å². The van der Waals surface area contributed by atoms with Crippen molar-refractivity contribution in [1.82, 2.24) is 9.88 Å². The SMILES string of the molecule is CC(=O)c1cnc2c(c1)OC[C@H]1CN(C(C)C)CCN21. The van der Waals surface area contributed by atoms with Crippen molar-refractivity contribution in [2.45, 2.75) is 32.9 Å². The molecule has 0 bridgehead atoms. The largest absolute Gasteiger partial charge is 0.487 e. The fourth-order valence-corrected chi connectivity index (χ4v) is 2.91. The molecule has 5 heteroatoms. The van der Waals surface area contributed by atoms with Crippen LogP contribution < -0.4 is 9.64 Å². The molecular formula is C15H21N3O2. The lowest BCUT2D eigenvalue weighted by Gasteiger charge is -2.46. The highest BCUT2D eigenvalue weighted by atomic mass is 16.5. The zero-order valence-corrected chi connectivity index (χ0v) is 12.3. The third-order valence-electron chi connectivity index (χ3n) is 4.19. The van der Waals surface area contributed by atoms with Crippen LogP contribution in [0.25, 0.3) is 0 Å².